The fourth-order valence-electron chi connectivity index (χ4n) is 5.13. The van der Waals surface area contributed by atoms with Crippen LogP contribution in [0.4, 0.5) is 5.13 Å². The monoisotopic (exact) mass is 587 g/mol. The van der Waals surface area contributed by atoms with Crippen molar-refractivity contribution in [2.45, 2.75) is 71.1 Å². The zero-order chi connectivity index (χ0) is 28.4. The number of aryl methyl sites for hydroxylation is 1. The maximum absolute atomic E-state index is 12.5. The number of aliphatic imine (C=N–C) groups is 2. The van der Waals surface area contributed by atoms with E-state index in [4.69, 9.17) is 9.98 Å². The number of thioether (sulfide) groups is 1. The highest BCUT2D eigenvalue weighted by Gasteiger charge is 2.31. The zero-order valence-corrected chi connectivity index (χ0v) is 25.3. The standard InChI is InChI=1S/C31H37N7OS2/c1-21-16-19-34-29(40-28(21)35-22(2)12-13-25-10-3-5-17-32-25)23-8-7-9-24(20-23)30-37-38-31(41-30)36-27(39)15-14-26-11-4-6-18-33-26/h3-6,10-12,17-18,21,23-24H,7-9,13-16,19-20H2,1-2H3,(H,36,38,39)/b22-12+,35-28?. The van der Waals surface area contributed by atoms with E-state index < -0.39 is 0 Å². The van der Waals surface area contributed by atoms with Crippen LogP contribution < -0.4 is 5.32 Å². The van der Waals surface area contributed by atoms with Gasteiger partial charge in [0.2, 0.25) is 11.0 Å². The normalized spacial score (nSPS) is 22.7. The van der Waals surface area contributed by atoms with Crippen molar-refractivity contribution in [3.8, 4) is 0 Å². The van der Waals surface area contributed by atoms with Gasteiger partial charge in [0.25, 0.3) is 0 Å². The van der Waals surface area contributed by atoms with E-state index in [1.165, 1.54) is 16.4 Å². The number of hydrogen-bond acceptors (Lipinski definition) is 9. The molecule has 1 amide bonds. The Hall–Kier alpha value is -3.24. The van der Waals surface area contributed by atoms with Crippen LogP contribution in [-0.2, 0) is 17.6 Å². The second-order valence-corrected chi connectivity index (χ2v) is 12.8. The number of carbonyl (C=O) groups is 1. The van der Waals surface area contributed by atoms with Crippen molar-refractivity contribution in [3.63, 3.8) is 0 Å². The summed E-state index contributed by atoms with van der Waals surface area (Å²) in [6.45, 7) is 5.17. The van der Waals surface area contributed by atoms with Gasteiger partial charge in [-0.3, -0.25) is 24.7 Å². The summed E-state index contributed by atoms with van der Waals surface area (Å²) in [6, 6.07) is 11.7. The van der Waals surface area contributed by atoms with E-state index >= 15 is 0 Å². The molecule has 1 aliphatic heterocycles. The maximum atomic E-state index is 12.5. The second-order valence-electron chi connectivity index (χ2n) is 10.7. The highest BCUT2D eigenvalue weighted by molar-refractivity contribution is 8.26. The van der Waals surface area contributed by atoms with Crippen LogP contribution in [0.5, 0.6) is 0 Å². The molecule has 3 aromatic rings. The van der Waals surface area contributed by atoms with Crippen molar-refractivity contribution in [1.29, 1.82) is 0 Å². The Labute approximate surface area is 250 Å². The SMILES string of the molecule is C/C(=C\Cc1ccccn1)N=C1SC(C2CCCC(c3nnc(NC(=O)CCc4ccccn4)s3)C2)=NCCC1C. The first kappa shape index (κ1) is 29.3. The van der Waals surface area contributed by atoms with E-state index in [0.29, 0.717) is 35.7 Å². The van der Waals surface area contributed by atoms with Gasteiger partial charge in [0.15, 0.2) is 0 Å². The molecule has 10 heteroatoms. The highest BCUT2D eigenvalue weighted by Crippen LogP contribution is 2.41. The van der Waals surface area contributed by atoms with Gasteiger partial charge in [-0.2, -0.15) is 0 Å². The van der Waals surface area contributed by atoms with Crippen LogP contribution in [0.25, 0.3) is 0 Å². The molecule has 4 heterocycles. The van der Waals surface area contributed by atoms with Crippen molar-refractivity contribution in [3.05, 3.63) is 77.0 Å². The molecule has 5 rings (SSSR count). The fraction of sp³-hybridized carbons (Fsp3) is 0.452. The summed E-state index contributed by atoms with van der Waals surface area (Å²) >= 11 is 3.28. The number of nitrogens with zero attached hydrogens (tertiary/aromatic N) is 6. The van der Waals surface area contributed by atoms with Gasteiger partial charge in [-0.1, -0.05) is 54.7 Å². The molecule has 1 saturated carbocycles. The summed E-state index contributed by atoms with van der Waals surface area (Å²) in [7, 11) is 0. The smallest absolute Gasteiger partial charge is 0.226 e. The van der Waals surface area contributed by atoms with Crippen molar-refractivity contribution >= 4 is 44.2 Å². The van der Waals surface area contributed by atoms with Crippen molar-refractivity contribution in [2.75, 3.05) is 11.9 Å². The van der Waals surface area contributed by atoms with Gasteiger partial charge >= 0.3 is 0 Å². The second kappa shape index (κ2) is 14.6. The van der Waals surface area contributed by atoms with Gasteiger partial charge in [0.1, 0.15) is 5.01 Å². The molecule has 41 heavy (non-hydrogen) atoms. The van der Waals surface area contributed by atoms with E-state index in [2.05, 4.69) is 45.4 Å². The third-order valence-corrected chi connectivity index (χ3v) is 9.85. The van der Waals surface area contributed by atoms with E-state index in [0.717, 1.165) is 72.2 Å². The van der Waals surface area contributed by atoms with E-state index in [9.17, 15) is 4.79 Å². The lowest BCUT2D eigenvalue weighted by atomic mass is 9.82. The average Bonchev–Trinajstić information content (AvgIpc) is 3.39. The van der Waals surface area contributed by atoms with E-state index in [1.807, 2.05) is 42.6 Å². The lowest BCUT2D eigenvalue weighted by Gasteiger charge is -2.28. The predicted molar refractivity (Wildman–Crippen MR) is 169 cm³/mol. The fourth-order valence-corrected chi connectivity index (χ4v) is 7.29. The van der Waals surface area contributed by atoms with Crippen LogP contribution in [0.1, 0.15) is 74.7 Å². The van der Waals surface area contributed by atoms with Crippen LogP contribution in [-0.4, -0.2) is 42.7 Å². The molecule has 0 bridgehead atoms. The van der Waals surface area contributed by atoms with Crippen molar-refractivity contribution in [2.24, 2.45) is 21.8 Å². The number of carbonyl (C=O) groups excluding carboxylic acids is 1. The quantitative estimate of drug-likeness (QED) is 0.292. The molecule has 3 unspecified atom stereocenters. The van der Waals surface area contributed by atoms with Gasteiger partial charge in [-0.05, 0) is 63.3 Å². The van der Waals surface area contributed by atoms with E-state index in [1.54, 1.807) is 18.0 Å². The molecular formula is C31H37N7OS2. The lowest BCUT2D eigenvalue weighted by molar-refractivity contribution is -0.116. The molecule has 1 fully saturated rings. The summed E-state index contributed by atoms with van der Waals surface area (Å²) in [4.78, 5) is 31.3. The number of nitrogens with one attached hydrogen (secondary N) is 1. The summed E-state index contributed by atoms with van der Waals surface area (Å²) in [5, 5.41) is 15.6. The minimum absolute atomic E-state index is 0.0607. The minimum atomic E-state index is -0.0607. The molecule has 0 radical (unpaired) electrons. The Balaban J connectivity index is 1.18. The predicted octanol–water partition coefficient (Wildman–Crippen LogP) is 6.89. The summed E-state index contributed by atoms with van der Waals surface area (Å²) in [5.41, 5.74) is 2.98. The number of hydrogen-bond donors (Lipinski definition) is 1. The van der Waals surface area contributed by atoms with E-state index in [-0.39, 0.29) is 5.91 Å². The third-order valence-electron chi connectivity index (χ3n) is 7.47. The molecule has 1 aliphatic carbocycles. The lowest BCUT2D eigenvalue weighted by Crippen LogP contribution is -2.21. The first-order chi connectivity index (χ1) is 20.0. The molecule has 0 spiro atoms. The van der Waals surface area contributed by atoms with Crippen LogP contribution in [0.3, 0.4) is 0 Å². The van der Waals surface area contributed by atoms with Gasteiger partial charge in [-0.15, -0.1) is 10.2 Å². The minimum Gasteiger partial charge on any atom is -0.301 e. The van der Waals surface area contributed by atoms with Crippen molar-refractivity contribution < 1.29 is 4.79 Å². The largest absolute Gasteiger partial charge is 0.301 e. The average molecular weight is 588 g/mol. The first-order valence-electron chi connectivity index (χ1n) is 14.4. The van der Waals surface area contributed by atoms with Gasteiger partial charge in [0.05, 0.1) is 10.1 Å². The molecular weight excluding hydrogens is 551 g/mol. The first-order valence-corrected chi connectivity index (χ1v) is 16.1. The van der Waals surface area contributed by atoms with Crippen LogP contribution >= 0.6 is 23.1 Å². The molecule has 3 aromatic heterocycles. The van der Waals surface area contributed by atoms with Crippen LogP contribution in [0.2, 0.25) is 0 Å². The molecule has 1 N–H and O–H groups in total. The molecule has 8 nitrogen and oxygen atoms in total. The molecule has 2 aliphatic rings. The number of aromatic nitrogens is 4. The highest BCUT2D eigenvalue weighted by atomic mass is 32.2. The number of allylic oxidation sites excluding steroid dienone is 2. The summed E-state index contributed by atoms with van der Waals surface area (Å²) in [5.74, 6) is 1.04. The topological polar surface area (TPSA) is 105 Å². The Bertz CT molecular complexity index is 1390. The molecule has 0 saturated heterocycles. The number of amides is 1. The third kappa shape index (κ3) is 8.63. The number of rotatable bonds is 9. The van der Waals surface area contributed by atoms with Crippen LogP contribution in [0.15, 0.2) is 70.5 Å². The molecule has 3 atom stereocenters. The zero-order valence-electron chi connectivity index (χ0n) is 23.7. The van der Waals surface area contributed by atoms with Gasteiger partial charge in [0, 0.05) is 66.6 Å². The Morgan fingerprint density at radius 3 is 2.61 bits per heavy atom. The van der Waals surface area contributed by atoms with Crippen LogP contribution in [0, 0.1) is 11.8 Å². The number of pyridine rings is 2. The number of anilines is 1. The Morgan fingerprint density at radius 1 is 1.05 bits per heavy atom. The Kier molecular flexibility index (Phi) is 10.4. The maximum Gasteiger partial charge on any atom is 0.226 e. The van der Waals surface area contributed by atoms with Gasteiger partial charge < -0.3 is 5.32 Å². The van der Waals surface area contributed by atoms with Crippen molar-refractivity contribution in [1.82, 2.24) is 20.2 Å². The summed E-state index contributed by atoms with van der Waals surface area (Å²) in [6.07, 6.45) is 12.9. The molecule has 0 aromatic carbocycles. The van der Waals surface area contributed by atoms with Gasteiger partial charge in [-0.25, -0.2) is 0 Å². The Morgan fingerprint density at radius 2 is 1.83 bits per heavy atom. The molecule has 214 valence electrons. The summed E-state index contributed by atoms with van der Waals surface area (Å²) < 4.78 is 0.